The molecule has 1 aliphatic carbocycles. The van der Waals surface area contributed by atoms with Gasteiger partial charge in [-0.25, -0.2) is 4.68 Å². The number of aromatic nitrogens is 2. The van der Waals surface area contributed by atoms with Crippen molar-refractivity contribution in [1.82, 2.24) is 9.78 Å². The van der Waals surface area contributed by atoms with Crippen LogP contribution < -0.4 is 5.32 Å². The SMILES string of the molecule is Cc1cccc(-n2nc(C)c3c2NC2=CCCC(=O)[C@@H]2[C@H]3c2ccccc2Cl)c1. The van der Waals surface area contributed by atoms with E-state index in [0.29, 0.717) is 11.4 Å². The largest absolute Gasteiger partial charge is 0.343 e. The van der Waals surface area contributed by atoms with E-state index in [1.807, 2.05) is 41.9 Å². The molecular formula is C24H22ClN3O. The van der Waals surface area contributed by atoms with Crippen molar-refractivity contribution in [2.45, 2.75) is 32.6 Å². The van der Waals surface area contributed by atoms with Gasteiger partial charge in [0.15, 0.2) is 0 Å². The lowest BCUT2D eigenvalue weighted by Gasteiger charge is -2.37. The Morgan fingerprint density at radius 2 is 1.93 bits per heavy atom. The van der Waals surface area contributed by atoms with Crippen LogP contribution in [0.2, 0.25) is 5.02 Å². The number of aryl methyl sites for hydroxylation is 2. The zero-order valence-electron chi connectivity index (χ0n) is 16.4. The van der Waals surface area contributed by atoms with Crippen LogP contribution in [0.1, 0.15) is 41.1 Å². The number of carbonyl (C=O) groups is 1. The van der Waals surface area contributed by atoms with E-state index in [1.165, 1.54) is 5.56 Å². The summed E-state index contributed by atoms with van der Waals surface area (Å²) in [5.74, 6) is 0.797. The van der Waals surface area contributed by atoms with Crippen LogP contribution in [0.4, 0.5) is 5.82 Å². The molecule has 1 N–H and O–H groups in total. The van der Waals surface area contributed by atoms with Crippen molar-refractivity contribution in [2.24, 2.45) is 5.92 Å². The molecule has 2 aromatic carbocycles. The first-order chi connectivity index (χ1) is 14.0. The van der Waals surface area contributed by atoms with Crippen LogP contribution in [-0.2, 0) is 4.79 Å². The predicted molar refractivity (Wildman–Crippen MR) is 116 cm³/mol. The number of anilines is 1. The molecule has 4 nitrogen and oxygen atoms in total. The number of carbonyl (C=O) groups excluding carboxylic acids is 1. The molecule has 3 aromatic rings. The summed E-state index contributed by atoms with van der Waals surface area (Å²) in [6.45, 7) is 4.09. The molecule has 5 rings (SSSR count). The smallest absolute Gasteiger partial charge is 0.143 e. The lowest BCUT2D eigenvalue weighted by molar-refractivity contribution is -0.122. The first kappa shape index (κ1) is 18.2. The maximum atomic E-state index is 13.0. The standard InChI is InChI=1S/C24H22ClN3O/c1-14-7-5-8-16(13-14)28-24-21(15(2)27-28)22(17-9-3-4-10-18(17)25)23-19(26-24)11-6-12-20(23)29/h3-5,7-11,13,22-23,26H,6,12H2,1-2H3/t22-,23+/m0/s1. The van der Waals surface area contributed by atoms with Gasteiger partial charge in [-0.2, -0.15) is 5.10 Å². The summed E-state index contributed by atoms with van der Waals surface area (Å²) < 4.78 is 1.96. The van der Waals surface area contributed by atoms with Crippen molar-refractivity contribution in [3.05, 3.63) is 87.7 Å². The molecule has 0 saturated heterocycles. The molecule has 2 aliphatic rings. The minimum Gasteiger partial charge on any atom is -0.343 e. The monoisotopic (exact) mass is 403 g/mol. The molecule has 0 unspecified atom stereocenters. The molecule has 2 heterocycles. The molecule has 146 valence electrons. The zero-order valence-corrected chi connectivity index (χ0v) is 17.2. The number of fused-ring (bicyclic) bond motifs is 2. The fraction of sp³-hybridized carbons (Fsp3) is 0.250. The van der Waals surface area contributed by atoms with Gasteiger partial charge in [0.05, 0.1) is 17.3 Å². The van der Waals surface area contributed by atoms with E-state index < -0.39 is 0 Å². The minimum absolute atomic E-state index is 0.141. The Kier molecular flexibility index (Phi) is 4.32. The van der Waals surface area contributed by atoms with Crippen molar-refractivity contribution in [3.8, 4) is 5.69 Å². The minimum atomic E-state index is -0.245. The van der Waals surface area contributed by atoms with Crippen LogP contribution in [-0.4, -0.2) is 15.6 Å². The van der Waals surface area contributed by atoms with Gasteiger partial charge in [0.2, 0.25) is 0 Å². The number of rotatable bonds is 2. The second-order valence-electron chi connectivity index (χ2n) is 7.86. The van der Waals surface area contributed by atoms with E-state index >= 15 is 0 Å². The van der Waals surface area contributed by atoms with Gasteiger partial charge in [-0.1, -0.05) is 48.0 Å². The molecule has 0 saturated carbocycles. The number of nitrogens with zero attached hydrogens (tertiary/aromatic N) is 2. The van der Waals surface area contributed by atoms with Crippen LogP contribution in [0.5, 0.6) is 0 Å². The van der Waals surface area contributed by atoms with E-state index in [4.69, 9.17) is 16.7 Å². The molecule has 29 heavy (non-hydrogen) atoms. The van der Waals surface area contributed by atoms with E-state index in [2.05, 4.69) is 36.5 Å². The number of nitrogens with one attached hydrogen (secondary N) is 1. The van der Waals surface area contributed by atoms with Gasteiger partial charge < -0.3 is 5.32 Å². The second-order valence-corrected chi connectivity index (χ2v) is 8.27. The summed E-state index contributed by atoms with van der Waals surface area (Å²) in [5, 5.41) is 9.10. The molecule has 0 fully saturated rings. The lowest BCUT2D eigenvalue weighted by atomic mass is 9.71. The Bertz CT molecular complexity index is 1160. The summed E-state index contributed by atoms with van der Waals surface area (Å²) in [6.07, 6.45) is 3.48. The zero-order chi connectivity index (χ0) is 20.1. The summed E-state index contributed by atoms with van der Waals surface area (Å²) in [7, 11) is 0. The Morgan fingerprint density at radius 1 is 1.10 bits per heavy atom. The highest BCUT2D eigenvalue weighted by molar-refractivity contribution is 6.31. The molecule has 0 spiro atoms. The lowest BCUT2D eigenvalue weighted by Crippen LogP contribution is -2.35. The maximum absolute atomic E-state index is 13.0. The van der Waals surface area contributed by atoms with Crippen molar-refractivity contribution in [2.75, 3.05) is 5.32 Å². The van der Waals surface area contributed by atoms with Gasteiger partial charge in [0.25, 0.3) is 0 Å². The number of halogens is 1. The molecule has 0 amide bonds. The number of ketones is 1. The average molecular weight is 404 g/mol. The Balaban J connectivity index is 1.78. The highest BCUT2D eigenvalue weighted by Gasteiger charge is 2.43. The summed E-state index contributed by atoms with van der Waals surface area (Å²) in [6, 6.07) is 16.1. The third-order valence-electron chi connectivity index (χ3n) is 5.94. The molecule has 1 aliphatic heterocycles. The molecule has 0 bridgehead atoms. The topological polar surface area (TPSA) is 46.9 Å². The van der Waals surface area contributed by atoms with Crippen LogP contribution in [0.15, 0.2) is 60.3 Å². The van der Waals surface area contributed by atoms with Crippen molar-refractivity contribution in [1.29, 1.82) is 0 Å². The predicted octanol–water partition coefficient (Wildman–Crippen LogP) is 5.56. The Labute approximate surface area is 175 Å². The van der Waals surface area contributed by atoms with E-state index in [1.54, 1.807) is 0 Å². The number of Topliss-reactive ketones (excluding diaryl/α,β-unsaturated/α-hetero) is 1. The van der Waals surface area contributed by atoms with Crippen LogP contribution in [0, 0.1) is 19.8 Å². The van der Waals surface area contributed by atoms with Crippen LogP contribution in [0.25, 0.3) is 5.69 Å². The third-order valence-corrected chi connectivity index (χ3v) is 6.28. The highest BCUT2D eigenvalue weighted by atomic mass is 35.5. The second kappa shape index (κ2) is 6.89. The van der Waals surface area contributed by atoms with Crippen LogP contribution in [0.3, 0.4) is 0 Å². The van der Waals surface area contributed by atoms with Crippen molar-refractivity contribution in [3.63, 3.8) is 0 Å². The first-order valence-corrected chi connectivity index (χ1v) is 10.3. The Hall–Kier alpha value is -2.85. The van der Waals surface area contributed by atoms with Crippen LogP contribution >= 0.6 is 11.6 Å². The number of allylic oxidation sites excluding steroid dienone is 2. The average Bonchev–Trinajstić information content (AvgIpc) is 3.04. The summed E-state index contributed by atoms with van der Waals surface area (Å²) in [4.78, 5) is 13.0. The van der Waals surface area contributed by atoms with Gasteiger partial charge in [-0.15, -0.1) is 0 Å². The number of benzene rings is 2. The van der Waals surface area contributed by atoms with Gasteiger partial charge in [-0.3, -0.25) is 4.79 Å². The maximum Gasteiger partial charge on any atom is 0.143 e. The van der Waals surface area contributed by atoms with E-state index in [0.717, 1.165) is 40.4 Å². The number of hydrogen-bond donors (Lipinski definition) is 1. The highest BCUT2D eigenvalue weighted by Crippen LogP contribution is 2.49. The first-order valence-electron chi connectivity index (χ1n) is 9.95. The third kappa shape index (κ3) is 2.90. The molecule has 2 atom stereocenters. The van der Waals surface area contributed by atoms with Gasteiger partial charge >= 0.3 is 0 Å². The molecule has 1 aromatic heterocycles. The fourth-order valence-electron chi connectivity index (χ4n) is 4.66. The molecule has 5 heteroatoms. The van der Waals surface area contributed by atoms with Gasteiger partial charge in [0, 0.05) is 28.6 Å². The normalized spacial score (nSPS) is 20.5. The van der Waals surface area contributed by atoms with Crippen molar-refractivity contribution >= 4 is 23.2 Å². The molecular weight excluding hydrogens is 382 g/mol. The van der Waals surface area contributed by atoms with Gasteiger partial charge in [-0.05, 0) is 49.6 Å². The Morgan fingerprint density at radius 3 is 2.72 bits per heavy atom. The van der Waals surface area contributed by atoms with E-state index in [9.17, 15) is 4.79 Å². The summed E-state index contributed by atoms with van der Waals surface area (Å²) in [5.41, 5.74) is 6.09. The van der Waals surface area contributed by atoms with Crippen molar-refractivity contribution < 1.29 is 4.79 Å². The fourth-order valence-corrected chi connectivity index (χ4v) is 4.92. The summed E-state index contributed by atoms with van der Waals surface area (Å²) >= 11 is 6.62. The number of hydrogen-bond acceptors (Lipinski definition) is 3. The van der Waals surface area contributed by atoms with E-state index in [-0.39, 0.29) is 17.6 Å². The quantitative estimate of drug-likeness (QED) is 0.609. The molecule has 0 radical (unpaired) electrons. The van der Waals surface area contributed by atoms with Gasteiger partial charge in [0.1, 0.15) is 11.6 Å².